The molecule has 1 aromatic heterocycles. The zero-order valence-corrected chi connectivity index (χ0v) is 12.7. The van der Waals surface area contributed by atoms with E-state index in [-0.39, 0.29) is 5.91 Å². The molecule has 1 aliphatic rings. The molecule has 1 aromatic carbocycles. The molecule has 0 spiro atoms. The van der Waals surface area contributed by atoms with Crippen molar-refractivity contribution in [3.8, 4) is 0 Å². The highest BCUT2D eigenvalue weighted by Crippen LogP contribution is 2.25. The van der Waals surface area contributed by atoms with Crippen molar-refractivity contribution in [2.45, 2.75) is 25.7 Å². The molecule has 0 aliphatic carbocycles. The molecule has 4 nitrogen and oxygen atoms in total. The van der Waals surface area contributed by atoms with Gasteiger partial charge in [0.05, 0.1) is 18.0 Å². The molecule has 22 heavy (non-hydrogen) atoms. The first-order chi connectivity index (χ1) is 10.7. The van der Waals surface area contributed by atoms with Gasteiger partial charge in [0.1, 0.15) is 0 Å². The van der Waals surface area contributed by atoms with Gasteiger partial charge in [-0.1, -0.05) is 12.1 Å². The predicted octanol–water partition coefficient (Wildman–Crippen LogP) is 3.54. The maximum Gasteiger partial charge on any atom is 0.255 e. The Hall–Kier alpha value is -2.20. The number of nitrogens with one attached hydrogen (secondary N) is 1. The summed E-state index contributed by atoms with van der Waals surface area (Å²) in [6.07, 6.45) is 3.97. The van der Waals surface area contributed by atoms with Crippen LogP contribution in [0.2, 0.25) is 0 Å². The number of aryl methyl sites for hydroxylation is 1. The van der Waals surface area contributed by atoms with Crippen LogP contribution < -0.4 is 5.32 Å². The van der Waals surface area contributed by atoms with E-state index in [9.17, 15) is 4.79 Å². The molecule has 2 aromatic rings. The maximum absolute atomic E-state index is 12.3. The average molecular weight is 296 g/mol. The van der Waals surface area contributed by atoms with Crippen molar-refractivity contribution < 1.29 is 9.53 Å². The molecule has 0 unspecified atom stereocenters. The number of carbonyl (C=O) groups is 1. The van der Waals surface area contributed by atoms with E-state index in [0.717, 1.165) is 37.4 Å². The minimum Gasteiger partial charge on any atom is -0.381 e. The molecule has 1 atom stereocenters. The van der Waals surface area contributed by atoms with Crippen LogP contribution in [0.15, 0.2) is 42.6 Å². The van der Waals surface area contributed by atoms with Crippen LogP contribution in [0.25, 0.3) is 0 Å². The lowest BCUT2D eigenvalue weighted by atomic mass is 9.93. The third kappa shape index (κ3) is 3.34. The highest BCUT2D eigenvalue weighted by atomic mass is 16.5. The molecular weight excluding hydrogens is 276 g/mol. The SMILES string of the molecule is Cc1ncccc1NC(=O)c1ccc([C@H]2CCCOC2)cc1. The van der Waals surface area contributed by atoms with Crippen LogP contribution in [0.4, 0.5) is 5.69 Å². The number of benzene rings is 1. The number of aromatic nitrogens is 1. The Morgan fingerprint density at radius 2 is 2.09 bits per heavy atom. The van der Waals surface area contributed by atoms with Gasteiger partial charge in [-0.15, -0.1) is 0 Å². The van der Waals surface area contributed by atoms with E-state index in [4.69, 9.17) is 4.74 Å². The van der Waals surface area contributed by atoms with Crippen molar-refractivity contribution in [2.75, 3.05) is 18.5 Å². The molecule has 0 saturated carbocycles. The normalized spacial score (nSPS) is 18.0. The summed E-state index contributed by atoms with van der Waals surface area (Å²) in [5, 5.41) is 2.90. The lowest BCUT2D eigenvalue weighted by Gasteiger charge is -2.22. The summed E-state index contributed by atoms with van der Waals surface area (Å²) in [7, 11) is 0. The molecule has 3 rings (SSSR count). The zero-order valence-electron chi connectivity index (χ0n) is 12.7. The molecule has 1 aliphatic heterocycles. The standard InChI is InChI=1S/C18H20N2O2/c1-13-17(5-2-10-19-13)20-18(21)15-8-6-14(7-9-15)16-4-3-11-22-12-16/h2,5-10,16H,3-4,11-12H2,1H3,(H,20,21)/t16-/m0/s1. The molecule has 114 valence electrons. The topological polar surface area (TPSA) is 51.2 Å². The summed E-state index contributed by atoms with van der Waals surface area (Å²) in [4.78, 5) is 16.5. The Bertz CT molecular complexity index is 646. The first kappa shape index (κ1) is 14.7. The van der Waals surface area contributed by atoms with Gasteiger partial charge in [0, 0.05) is 24.3 Å². The second-order valence-corrected chi connectivity index (χ2v) is 5.63. The van der Waals surface area contributed by atoms with Gasteiger partial charge in [0.2, 0.25) is 0 Å². The molecule has 2 heterocycles. The second kappa shape index (κ2) is 6.71. The van der Waals surface area contributed by atoms with Gasteiger partial charge in [-0.05, 0) is 49.6 Å². The van der Waals surface area contributed by atoms with Crippen molar-refractivity contribution in [1.29, 1.82) is 0 Å². The Kier molecular flexibility index (Phi) is 4.49. The minimum atomic E-state index is -0.109. The van der Waals surface area contributed by atoms with E-state index in [1.807, 2.05) is 43.3 Å². The summed E-state index contributed by atoms with van der Waals surface area (Å²) in [5.41, 5.74) is 3.46. The lowest BCUT2D eigenvalue weighted by molar-refractivity contribution is 0.0804. The van der Waals surface area contributed by atoms with E-state index < -0.39 is 0 Å². The van der Waals surface area contributed by atoms with Gasteiger partial charge in [-0.2, -0.15) is 0 Å². The number of nitrogens with zero attached hydrogens (tertiary/aromatic N) is 1. The van der Waals surface area contributed by atoms with E-state index >= 15 is 0 Å². The van der Waals surface area contributed by atoms with E-state index in [0.29, 0.717) is 11.5 Å². The van der Waals surface area contributed by atoms with E-state index in [2.05, 4.69) is 10.3 Å². The van der Waals surface area contributed by atoms with E-state index in [1.165, 1.54) is 5.56 Å². The van der Waals surface area contributed by atoms with Crippen LogP contribution in [0.3, 0.4) is 0 Å². The number of hydrogen-bond donors (Lipinski definition) is 1. The van der Waals surface area contributed by atoms with E-state index in [1.54, 1.807) is 6.20 Å². The molecule has 0 bridgehead atoms. The first-order valence-electron chi connectivity index (χ1n) is 7.65. The molecular formula is C18H20N2O2. The Balaban J connectivity index is 1.69. The number of carbonyl (C=O) groups excluding carboxylic acids is 1. The highest BCUT2D eigenvalue weighted by Gasteiger charge is 2.16. The molecule has 0 radical (unpaired) electrons. The zero-order chi connectivity index (χ0) is 15.4. The summed E-state index contributed by atoms with van der Waals surface area (Å²) in [6, 6.07) is 11.5. The fourth-order valence-corrected chi connectivity index (χ4v) is 2.72. The first-order valence-corrected chi connectivity index (χ1v) is 7.65. The molecule has 1 saturated heterocycles. The van der Waals surface area contributed by atoms with Crippen LogP contribution >= 0.6 is 0 Å². The summed E-state index contributed by atoms with van der Waals surface area (Å²) < 4.78 is 5.52. The Morgan fingerprint density at radius 3 is 2.77 bits per heavy atom. The van der Waals surface area contributed by atoms with Gasteiger partial charge >= 0.3 is 0 Å². The number of pyridine rings is 1. The van der Waals surface area contributed by atoms with Crippen LogP contribution in [0, 0.1) is 6.92 Å². The van der Waals surface area contributed by atoms with Crippen molar-refractivity contribution in [3.05, 3.63) is 59.4 Å². The van der Waals surface area contributed by atoms with Crippen LogP contribution in [-0.2, 0) is 4.74 Å². The summed E-state index contributed by atoms with van der Waals surface area (Å²) >= 11 is 0. The summed E-state index contributed by atoms with van der Waals surface area (Å²) in [6.45, 7) is 3.52. The average Bonchev–Trinajstić information content (AvgIpc) is 2.58. The van der Waals surface area contributed by atoms with Crippen molar-refractivity contribution >= 4 is 11.6 Å². The lowest BCUT2D eigenvalue weighted by Crippen LogP contribution is -2.16. The van der Waals surface area contributed by atoms with Gasteiger partial charge < -0.3 is 10.1 Å². The van der Waals surface area contributed by atoms with Gasteiger partial charge in [-0.25, -0.2) is 0 Å². The van der Waals surface area contributed by atoms with Crippen LogP contribution in [0.5, 0.6) is 0 Å². The maximum atomic E-state index is 12.3. The number of amides is 1. The number of rotatable bonds is 3. The fraction of sp³-hybridized carbons (Fsp3) is 0.333. The molecule has 4 heteroatoms. The van der Waals surface area contributed by atoms with Crippen LogP contribution in [-0.4, -0.2) is 24.1 Å². The number of ether oxygens (including phenoxy) is 1. The Morgan fingerprint density at radius 1 is 1.27 bits per heavy atom. The molecule has 1 amide bonds. The van der Waals surface area contributed by atoms with Gasteiger partial charge in [0.25, 0.3) is 5.91 Å². The quantitative estimate of drug-likeness (QED) is 0.942. The largest absolute Gasteiger partial charge is 0.381 e. The predicted molar refractivity (Wildman–Crippen MR) is 86.2 cm³/mol. The smallest absolute Gasteiger partial charge is 0.255 e. The van der Waals surface area contributed by atoms with Gasteiger partial charge in [0.15, 0.2) is 0 Å². The third-order valence-electron chi connectivity index (χ3n) is 4.06. The van der Waals surface area contributed by atoms with Crippen LogP contribution in [0.1, 0.15) is 40.4 Å². The summed E-state index contributed by atoms with van der Waals surface area (Å²) in [5.74, 6) is 0.342. The van der Waals surface area contributed by atoms with Crippen molar-refractivity contribution in [3.63, 3.8) is 0 Å². The molecule has 1 N–H and O–H groups in total. The third-order valence-corrected chi connectivity index (χ3v) is 4.06. The van der Waals surface area contributed by atoms with Crippen molar-refractivity contribution in [2.24, 2.45) is 0 Å². The number of hydrogen-bond acceptors (Lipinski definition) is 3. The van der Waals surface area contributed by atoms with Crippen molar-refractivity contribution in [1.82, 2.24) is 4.98 Å². The van der Waals surface area contributed by atoms with Gasteiger partial charge in [-0.3, -0.25) is 9.78 Å². The highest BCUT2D eigenvalue weighted by molar-refractivity contribution is 6.04. The monoisotopic (exact) mass is 296 g/mol. The second-order valence-electron chi connectivity index (χ2n) is 5.63. The molecule has 1 fully saturated rings. The number of anilines is 1. The Labute approximate surface area is 130 Å². The fourth-order valence-electron chi connectivity index (χ4n) is 2.72. The minimum absolute atomic E-state index is 0.109.